The van der Waals surface area contributed by atoms with Gasteiger partial charge in [-0.1, -0.05) is 0 Å². The van der Waals surface area contributed by atoms with Crippen LogP contribution in [0.25, 0.3) is 0 Å². The zero-order valence-electron chi connectivity index (χ0n) is 13.1. The van der Waals surface area contributed by atoms with Crippen LogP contribution in [0.4, 0.5) is 11.4 Å². The van der Waals surface area contributed by atoms with Crippen molar-refractivity contribution in [1.29, 1.82) is 0 Å². The van der Waals surface area contributed by atoms with Gasteiger partial charge in [0, 0.05) is 38.1 Å². The van der Waals surface area contributed by atoms with E-state index in [1.807, 2.05) is 25.1 Å². The van der Waals surface area contributed by atoms with Gasteiger partial charge in [0.2, 0.25) is 11.8 Å². The molecule has 0 radical (unpaired) electrons. The first-order chi connectivity index (χ1) is 10.6. The summed E-state index contributed by atoms with van der Waals surface area (Å²) in [6, 6.07) is 5.42. The standard InChI is InChI=1S/C16H23N3O3/c1-11(16(21)17-8-3-9-22-2)18-13-5-6-14-12(10-13)4-7-15(20)19-14/h5-6,10-11,18H,3-4,7-9H2,1-2H3,(H,17,21)(H,19,20). The van der Waals surface area contributed by atoms with E-state index >= 15 is 0 Å². The number of nitrogens with one attached hydrogen (secondary N) is 3. The zero-order chi connectivity index (χ0) is 15.9. The van der Waals surface area contributed by atoms with Crippen LogP contribution in [0.15, 0.2) is 18.2 Å². The normalized spacial score (nSPS) is 14.7. The fourth-order valence-electron chi connectivity index (χ4n) is 2.37. The van der Waals surface area contributed by atoms with E-state index in [2.05, 4.69) is 16.0 Å². The molecule has 0 aromatic heterocycles. The lowest BCUT2D eigenvalue weighted by Gasteiger charge is -2.20. The maximum atomic E-state index is 12.0. The molecule has 0 aliphatic carbocycles. The topological polar surface area (TPSA) is 79.5 Å². The highest BCUT2D eigenvalue weighted by Crippen LogP contribution is 2.25. The first-order valence-electron chi connectivity index (χ1n) is 7.56. The highest BCUT2D eigenvalue weighted by Gasteiger charge is 2.16. The summed E-state index contributed by atoms with van der Waals surface area (Å²) in [6.07, 6.45) is 2.04. The number of anilines is 2. The summed E-state index contributed by atoms with van der Waals surface area (Å²) >= 11 is 0. The summed E-state index contributed by atoms with van der Waals surface area (Å²) in [7, 11) is 1.64. The van der Waals surface area contributed by atoms with Gasteiger partial charge in [-0.2, -0.15) is 0 Å². The van der Waals surface area contributed by atoms with E-state index in [1.54, 1.807) is 7.11 Å². The summed E-state index contributed by atoms with van der Waals surface area (Å²) in [5.41, 5.74) is 2.84. The fourth-order valence-corrected chi connectivity index (χ4v) is 2.37. The number of ether oxygens (including phenoxy) is 1. The molecule has 1 heterocycles. The van der Waals surface area contributed by atoms with Gasteiger partial charge >= 0.3 is 0 Å². The van der Waals surface area contributed by atoms with Crippen molar-refractivity contribution in [3.8, 4) is 0 Å². The number of benzene rings is 1. The van der Waals surface area contributed by atoms with Crippen molar-refractivity contribution in [3.63, 3.8) is 0 Å². The van der Waals surface area contributed by atoms with Crippen LogP contribution < -0.4 is 16.0 Å². The summed E-state index contributed by atoms with van der Waals surface area (Å²) in [5.74, 6) is 0.0131. The third-order valence-electron chi connectivity index (χ3n) is 3.60. The van der Waals surface area contributed by atoms with Crippen molar-refractivity contribution in [2.75, 3.05) is 30.9 Å². The van der Waals surface area contributed by atoms with E-state index in [-0.39, 0.29) is 17.9 Å². The largest absolute Gasteiger partial charge is 0.385 e. The Morgan fingerprint density at radius 1 is 1.41 bits per heavy atom. The average Bonchev–Trinajstić information content (AvgIpc) is 2.51. The van der Waals surface area contributed by atoms with Crippen LogP contribution in [0.3, 0.4) is 0 Å². The van der Waals surface area contributed by atoms with Gasteiger partial charge in [-0.25, -0.2) is 0 Å². The van der Waals surface area contributed by atoms with Crippen LogP contribution in [-0.4, -0.2) is 38.1 Å². The Bertz CT molecular complexity index is 545. The lowest BCUT2D eigenvalue weighted by atomic mass is 10.0. The number of fused-ring (bicyclic) bond motifs is 1. The molecular formula is C16H23N3O3. The van der Waals surface area contributed by atoms with Crippen LogP contribution in [0, 0.1) is 0 Å². The molecule has 6 heteroatoms. The summed E-state index contributed by atoms with van der Waals surface area (Å²) < 4.78 is 4.94. The summed E-state index contributed by atoms with van der Waals surface area (Å²) in [4.78, 5) is 23.3. The van der Waals surface area contributed by atoms with Crippen molar-refractivity contribution < 1.29 is 14.3 Å². The molecule has 1 aromatic rings. The molecule has 1 unspecified atom stereocenters. The first kappa shape index (κ1) is 16.3. The number of hydrogen-bond donors (Lipinski definition) is 3. The van der Waals surface area contributed by atoms with E-state index in [4.69, 9.17) is 4.74 Å². The molecule has 2 amide bonds. The summed E-state index contributed by atoms with van der Waals surface area (Å²) in [5, 5.41) is 8.90. The lowest BCUT2D eigenvalue weighted by molar-refractivity contribution is -0.121. The molecule has 22 heavy (non-hydrogen) atoms. The molecule has 1 aliphatic rings. The molecule has 0 spiro atoms. The Kier molecular flexibility index (Phi) is 5.77. The Balaban J connectivity index is 1.87. The Morgan fingerprint density at radius 3 is 3.00 bits per heavy atom. The number of methoxy groups -OCH3 is 1. The van der Waals surface area contributed by atoms with Crippen LogP contribution >= 0.6 is 0 Å². The van der Waals surface area contributed by atoms with Gasteiger partial charge in [0.15, 0.2) is 0 Å². The predicted octanol–water partition coefficient (Wildman–Crippen LogP) is 1.52. The predicted molar refractivity (Wildman–Crippen MR) is 86.0 cm³/mol. The molecular weight excluding hydrogens is 282 g/mol. The molecule has 120 valence electrons. The van der Waals surface area contributed by atoms with Gasteiger partial charge in [0.1, 0.15) is 6.04 Å². The highest BCUT2D eigenvalue weighted by molar-refractivity contribution is 5.94. The fraction of sp³-hybridized carbons (Fsp3) is 0.500. The third-order valence-corrected chi connectivity index (χ3v) is 3.60. The number of amides is 2. The molecule has 1 aromatic carbocycles. The Labute approximate surface area is 130 Å². The van der Waals surface area contributed by atoms with Gasteiger partial charge in [-0.05, 0) is 43.5 Å². The van der Waals surface area contributed by atoms with Gasteiger partial charge < -0.3 is 20.7 Å². The number of hydrogen-bond acceptors (Lipinski definition) is 4. The molecule has 6 nitrogen and oxygen atoms in total. The number of carbonyl (C=O) groups excluding carboxylic acids is 2. The molecule has 0 fully saturated rings. The number of carbonyl (C=O) groups is 2. The molecule has 0 saturated heterocycles. The highest BCUT2D eigenvalue weighted by atomic mass is 16.5. The second kappa shape index (κ2) is 7.79. The minimum absolute atomic E-state index is 0.0397. The van der Waals surface area contributed by atoms with E-state index in [0.29, 0.717) is 19.6 Å². The monoisotopic (exact) mass is 305 g/mol. The molecule has 3 N–H and O–H groups in total. The van der Waals surface area contributed by atoms with E-state index in [0.717, 1.165) is 29.8 Å². The molecule has 1 atom stereocenters. The van der Waals surface area contributed by atoms with Gasteiger partial charge in [-0.15, -0.1) is 0 Å². The summed E-state index contributed by atoms with van der Waals surface area (Å²) in [6.45, 7) is 3.07. The minimum atomic E-state index is -0.321. The first-order valence-corrected chi connectivity index (χ1v) is 7.56. The number of aryl methyl sites for hydroxylation is 1. The maximum Gasteiger partial charge on any atom is 0.242 e. The Hall–Kier alpha value is -2.08. The number of rotatable bonds is 7. The van der Waals surface area contributed by atoms with Crippen LogP contribution in [0.1, 0.15) is 25.3 Å². The smallest absolute Gasteiger partial charge is 0.242 e. The quantitative estimate of drug-likeness (QED) is 0.667. The van der Waals surface area contributed by atoms with Gasteiger partial charge in [0.05, 0.1) is 0 Å². The lowest BCUT2D eigenvalue weighted by Crippen LogP contribution is -2.38. The Morgan fingerprint density at radius 2 is 2.23 bits per heavy atom. The van der Waals surface area contributed by atoms with Crippen molar-refractivity contribution in [2.45, 2.75) is 32.2 Å². The second-order valence-electron chi connectivity index (χ2n) is 5.42. The van der Waals surface area contributed by atoms with Crippen molar-refractivity contribution in [3.05, 3.63) is 23.8 Å². The third kappa shape index (κ3) is 4.46. The van der Waals surface area contributed by atoms with E-state index in [1.165, 1.54) is 0 Å². The molecule has 1 aliphatic heterocycles. The van der Waals surface area contributed by atoms with Gasteiger partial charge in [0.25, 0.3) is 0 Å². The molecule has 0 bridgehead atoms. The van der Waals surface area contributed by atoms with Crippen molar-refractivity contribution >= 4 is 23.2 Å². The van der Waals surface area contributed by atoms with E-state index < -0.39 is 0 Å². The SMILES string of the molecule is COCCCNC(=O)C(C)Nc1ccc2c(c1)CCC(=O)N2. The van der Waals surface area contributed by atoms with Crippen LogP contribution in [-0.2, 0) is 20.7 Å². The minimum Gasteiger partial charge on any atom is -0.385 e. The van der Waals surface area contributed by atoms with Crippen molar-refractivity contribution in [1.82, 2.24) is 5.32 Å². The molecule has 0 saturated carbocycles. The zero-order valence-corrected chi connectivity index (χ0v) is 13.1. The molecule has 2 rings (SSSR count). The second-order valence-corrected chi connectivity index (χ2v) is 5.42. The van der Waals surface area contributed by atoms with Crippen molar-refractivity contribution in [2.24, 2.45) is 0 Å². The van der Waals surface area contributed by atoms with Gasteiger partial charge in [-0.3, -0.25) is 9.59 Å². The average molecular weight is 305 g/mol. The maximum absolute atomic E-state index is 12.0. The van der Waals surface area contributed by atoms with Crippen LogP contribution in [0.5, 0.6) is 0 Å². The van der Waals surface area contributed by atoms with E-state index in [9.17, 15) is 9.59 Å². The van der Waals surface area contributed by atoms with Crippen LogP contribution in [0.2, 0.25) is 0 Å².